The smallest absolute Gasteiger partial charge is 0.328 e. The molecule has 1 aliphatic rings. The van der Waals surface area contributed by atoms with Crippen LogP contribution in [0.4, 0.5) is 0 Å². The van der Waals surface area contributed by atoms with E-state index in [4.69, 9.17) is 4.74 Å². The van der Waals surface area contributed by atoms with Crippen LogP contribution < -0.4 is 0 Å². The number of methoxy groups -OCH3 is 1. The number of carbonyl (C=O) groups is 2. The summed E-state index contributed by atoms with van der Waals surface area (Å²) in [6, 6.07) is 14.9. The van der Waals surface area contributed by atoms with Gasteiger partial charge in [-0.2, -0.15) is 0 Å². The van der Waals surface area contributed by atoms with E-state index in [2.05, 4.69) is 4.98 Å². The van der Waals surface area contributed by atoms with E-state index in [1.54, 1.807) is 22.3 Å². The molecule has 0 N–H and O–H groups in total. The summed E-state index contributed by atoms with van der Waals surface area (Å²) in [5.41, 5.74) is 4.13. The Hall–Kier alpha value is -2.99. The van der Waals surface area contributed by atoms with Crippen LogP contribution in [0.15, 0.2) is 53.9 Å². The molecule has 0 radical (unpaired) electrons. The van der Waals surface area contributed by atoms with E-state index >= 15 is 0 Å². The Morgan fingerprint density at radius 1 is 1.11 bits per heavy atom. The highest BCUT2D eigenvalue weighted by Gasteiger charge is 2.36. The summed E-state index contributed by atoms with van der Waals surface area (Å²) in [7, 11) is 1.36. The van der Waals surface area contributed by atoms with Crippen LogP contribution in [0.25, 0.3) is 10.6 Å². The number of pyridine rings is 1. The Morgan fingerprint density at radius 3 is 2.57 bits per heavy atom. The molecule has 1 amide bonds. The Morgan fingerprint density at radius 2 is 1.89 bits per heavy atom. The predicted molar refractivity (Wildman–Crippen MR) is 108 cm³/mol. The van der Waals surface area contributed by atoms with E-state index in [9.17, 15) is 9.59 Å². The van der Waals surface area contributed by atoms with Crippen molar-refractivity contribution in [1.29, 1.82) is 0 Å². The SMILES string of the molecule is COC(=O)C1Cc2ccccc2CN1C(=O)c1ccc(-c2cccs2)nc1C. The maximum Gasteiger partial charge on any atom is 0.328 e. The third kappa shape index (κ3) is 3.31. The van der Waals surface area contributed by atoms with Gasteiger partial charge in [0.2, 0.25) is 0 Å². The lowest BCUT2D eigenvalue weighted by Crippen LogP contribution is -2.49. The average Bonchev–Trinajstić information content (AvgIpc) is 3.26. The predicted octanol–water partition coefficient (Wildman–Crippen LogP) is 3.86. The van der Waals surface area contributed by atoms with Crippen molar-refractivity contribution >= 4 is 23.2 Å². The van der Waals surface area contributed by atoms with Crippen molar-refractivity contribution < 1.29 is 14.3 Å². The van der Waals surface area contributed by atoms with Crippen LogP contribution in [0.5, 0.6) is 0 Å². The largest absolute Gasteiger partial charge is 0.467 e. The first-order valence-corrected chi connectivity index (χ1v) is 9.93. The Balaban J connectivity index is 1.68. The molecule has 0 saturated heterocycles. The van der Waals surface area contributed by atoms with E-state index in [1.165, 1.54) is 7.11 Å². The van der Waals surface area contributed by atoms with Gasteiger partial charge in [-0.25, -0.2) is 4.79 Å². The molecular formula is C22H20N2O3S. The first kappa shape index (κ1) is 18.4. The van der Waals surface area contributed by atoms with Gasteiger partial charge in [-0.1, -0.05) is 30.3 Å². The molecule has 0 fully saturated rings. The first-order chi connectivity index (χ1) is 13.6. The summed E-state index contributed by atoms with van der Waals surface area (Å²) in [6.45, 7) is 2.20. The van der Waals surface area contributed by atoms with Crippen LogP contribution in [0.3, 0.4) is 0 Å². The van der Waals surface area contributed by atoms with Crippen LogP contribution in [0.2, 0.25) is 0 Å². The number of fused-ring (bicyclic) bond motifs is 1. The Kier molecular flexibility index (Phi) is 4.96. The minimum atomic E-state index is -0.635. The number of thiophene rings is 1. The zero-order valence-corrected chi connectivity index (χ0v) is 16.5. The number of hydrogen-bond donors (Lipinski definition) is 0. The fourth-order valence-electron chi connectivity index (χ4n) is 3.59. The lowest BCUT2D eigenvalue weighted by atomic mass is 9.93. The van der Waals surface area contributed by atoms with Crippen molar-refractivity contribution in [1.82, 2.24) is 9.88 Å². The summed E-state index contributed by atoms with van der Waals surface area (Å²) in [6.07, 6.45) is 0.453. The molecule has 0 aliphatic carbocycles. The number of hydrogen-bond acceptors (Lipinski definition) is 5. The highest BCUT2D eigenvalue weighted by Crippen LogP contribution is 2.28. The maximum atomic E-state index is 13.3. The number of benzene rings is 1. The quantitative estimate of drug-likeness (QED) is 0.635. The molecule has 0 bridgehead atoms. The van der Waals surface area contributed by atoms with Crippen molar-refractivity contribution in [2.45, 2.75) is 25.9 Å². The molecule has 3 aromatic rings. The van der Waals surface area contributed by atoms with Crippen molar-refractivity contribution in [3.63, 3.8) is 0 Å². The molecule has 3 heterocycles. The van der Waals surface area contributed by atoms with Gasteiger partial charge in [-0.15, -0.1) is 11.3 Å². The molecular weight excluding hydrogens is 372 g/mol. The zero-order valence-electron chi connectivity index (χ0n) is 15.7. The highest BCUT2D eigenvalue weighted by molar-refractivity contribution is 7.13. The van der Waals surface area contributed by atoms with Crippen molar-refractivity contribution in [2.24, 2.45) is 0 Å². The molecule has 5 nitrogen and oxygen atoms in total. The summed E-state index contributed by atoms with van der Waals surface area (Å²) < 4.78 is 4.97. The van der Waals surface area contributed by atoms with Gasteiger partial charge in [-0.05, 0) is 41.6 Å². The van der Waals surface area contributed by atoms with Gasteiger partial charge in [-0.3, -0.25) is 9.78 Å². The summed E-state index contributed by atoms with van der Waals surface area (Å²) in [5.74, 6) is -0.601. The van der Waals surface area contributed by atoms with Crippen molar-refractivity contribution in [3.8, 4) is 10.6 Å². The van der Waals surface area contributed by atoms with Gasteiger partial charge >= 0.3 is 5.97 Å². The molecule has 1 unspecified atom stereocenters. The van der Waals surface area contributed by atoms with Crippen molar-refractivity contribution in [2.75, 3.05) is 7.11 Å². The monoisotopic (exact) mass is 392 g/mol. The van der Waals surface area contributed by atoms with Crippen LogP contribution in [-0.2, 0) is 22.5 Å². The fraction of sp³-hybridized carbons (Fsp3) is 0.227. The van der Waals surface area contributed by atoms with Crippen molar-refractivity contribution in [3.05, 3.63) is 76.3 Å². The molecule has 142 valence electrons. The van der Waals surface area contributed by atoms with E-state index in [-0.39, 0.29) is 5.91 Å². The Bertz CT molecular complexity index is 1030. The number of esters is 1. The molecule has 6 heteroatoms. The number of nitrogens with zero attached hydrogens (tertiary/aromatic N) is 2. The summed E-state index contributed by atoms with van der Waals surface area (Å²) >= 11 is 1.61. The lowest BCUT2D eigenvalue weighted by molar-refractivity contribution is -0.146. The van der Waals surface area contributed by atoms with Gasteiger partial charge < -0.3 is 9.64 Å². The van der Waals surface area contributed by atoms with E-state index < -0.39 is 12.0 Å². The normalized spacial score (nSPS) is 15.8. The third-order valence-corrected chi connectivity index (χ3v) is 5.96. The fourth-order valence-corrected chi connectivity index (χ4v) is 4.28. The topological polar surface area (TPSA) is 59.5 Å². The number of ether oxygens (including phenoxy) is 1. The van der Waals surface area contributed by atoms with Crippen LogP contribution in [-0.4, -0.2) is 34.9 Å². The second kappa shape index (κ2) is 7.56. The van der Waals surface area contributed by atoms with Gasteiger partial charge in [0, 0.05) is 13.0 Å². The minimum Gasteiger partial charge on any atom is -0.467 e. The standard InChI is InChI=1S/C22H20N2O3S/c1-14-17(9-10-18(23-14)20-8-5-11-28-20)21(25)24-13-16-7-4-3-6-15(16)12-19(24)22(26)27-2/h3-11,19H,12-13H2,1-2H3. The number of aryl methyl sites for hydroxylation is 1. The molecule has 0 saturated carbocycles. The van der Waals surface area contributed by atoms with E-state index in [0.29, 0.717) is 24.2 Å². The number of aromatic nitrogens is 1. The first-order valence-electron chi connectivity index (χ1n) is 9.05. The van der Waals surface area contributed by atoms with Gasteiger partial charge in [0.05, 0.1) is 28.9 Å². The minimum absolute atomic E-state index is 0.201. The lowest BCUT2D eigenvalue weighted by Gasteiger charge is -2.35. The molecule has 2 aromatic heterocycles. The number of carbonyl (C=O) groups excluding carboxylic acids is 2. The molecule has 1 aliphatic heterocycles. The maximum absolute atomic E-state index is 13.3. The molecule has 0 spiro atoms. The van der Waals surface area contributed by atoms with Gasteiger partial charge in [0.25, 0.3) is 5.91 Å². The molecule has 1 atom stereocenters. The second-order valence-corrected chi connectivity index (χ2v) is 7.70. The Labute approximate surface area is 167 Å². The highest BCUT2D eigenvalue weighted by atomic mass is 32.1. The van der Waals surface area contributed by atoms with Crippen LogP contribution in [0, 0.1) is 6.92 Å². The number of amides is 1. The average molecular weight is 392 g/mol. The van der Waals surface area contributed by atoms with Crippen LogP contribution in [0.1, 0.15) is 27.2 Å². The van der Waals surface area contributed by atoms with Gasteiger partial charge in [0.1, 0.15) is 6.04 Å². The molecule has 28 heavy (non-hydrogen) atoms. The summed E-state index contributed by atoms with van der Waals surface area (Å²) in [5, 5.41) is 2.00. The molecule has 1 aromatic carbocycles. The summed E-state index contributed by atoms with van der Waals surface area (Å²) in [4.78, 5) is 33.0. The molecule has 4 rings (SSSR count). The van der Waals surface area contributed by atoms with E-state index in [1.807, 2.05) is 54.8 Å². The third-order valence-electron chi connectivity index (χ3n) is 5.07. The second-order valence-electron chi connectivity index (χ2n) is 6.75. The van der Waals surface area contributed by atoms with E-state index in [0.717, 1.165) is 21.7 Å². The van der Waals surface area contributed by atoms with Crippen LogP contribution >= 0.6 is 11.3 Å². The zero-order chi connectivity index (χ0) is 19.7. The van der Waals surface area contributed by atoms with Gasteiger partial charge in [0.15, 0.2) is 0 Å². The number of rotatable bonds is 3.